The standard InChI is InChI=1S/C19H23BrN4O.HI/c1-14(15-7-4-3-5-8-15)24-19(21-2)23-12-11-22-18(25)16-9-6-10-17(20)13-16;/h3-10,13-14H,11-12H2,1-2H3,(H,22,25)(H2,21,23,24);1H. The normalized spacial score (nSPS) is 11.9. The van der Waals surface area contributed by atoms with Crippen LogP contribution in [0, 0.1) is 0 Å². The van der Waals surface area contributed by atoms with Gasteiger partial charge in [0.2, 0.25) is 0 Å². The molecule has 1 amide bonds. The second-order valence-corrected chi connectivity index (χ2v) is 6.46. The first-order valence-corrected chi connectivity index (χ1v) is 8.95. The Hall–Kier alpha value is -1.61. The molecular weight excluding hydrogens is 507 g/mol. The van der Waals surface area contributed by atoms with Gasteiger partial charge in [0.25, 0.3) is 5.91 Å². The van der Waals surface area contributed by atoms with E-state index in [-0.39, 0.29) is 35.9 Å². The summed E-state index contributed by atoms with van der Waals surface area (Å²) in [5.74, 6) is 0.608. The van der Waals surface area contributed by atoms with Crippen LogP contribution in [0.5, 0.6) is 0 Å². The maximum Gasteiger partial charge on any atom is 0.251 e. The van der Waals surface area contributed by atoms with Crippen LogP contribution in [0.4, 0.5) is 0 Å². The van der Waals surface area contributed by atoms with E-state index in [1.54, 1.807) is 19.2 Å². The van der Waals surface area contributed by atoms with Crippen molar-refractivity contribution in [2.24, 2.45) is 4.99 Å². The molecule has 2 aromatic carbocycles. The van der Waals surface area contributed by atoms with Gasteiger partial charge in [0.15, 0.2) is 5.96 Å². The maximum atomic E-state index is 12.1. The van der Waals surface area contributed by atoms with Crippen LogP contribution in [0.3, 0.4) is 0 Å². The van der Waals surface area contributed by atoms with Crippen LogP contribution >= 0.6 is 39.9 Å². The van der Waals surface area contributed by atoms with E-state index in [1.807, 2.05) is 30.3 Å². The highest BCUT2D eigenvalue weighted by atomic mass is 127. The average molecular weight is 531 g/mol. The van der Waals surface area contributed by atoms with Crippen molar-refractivity contribution in [1.82, 2.24) is 16.0 Å². The number of rotatable bonds is 6. The first-order chi connectivity index (χ1) is 12.1. The van der Waals surface area contributed by atoms with E-state index in [9.17, 15) is 4.79 Å². The molecule has 0 heterocycles. The van der Waals surface area contributed by atoms with Crippen LogP contribution < -0.4 is 16.0 Å². The van der Waals surface area contributed by atoms with E-state index in [0.717, 1.165) is 4.47 Å². The number of hydrogen-bond donors (Lipinski definition) is 3. The Bertz CT molecular complexity index is 724. The number of nitrogens with zero attached hydrogens (tertiary/aromatic N) is 1. The minimum atomic E-state index is -0.0938. The van der Waals surface area contributed by atoms with Crippen LogP contribution in [0.15, 0.2) is 64.1 Å². The number of guanidine groups is 1. The number of carbonyl (C=O) groups excluding carboxylic acids is 1. The third-order valence-electron chi connectivity index (χ3n) is 3.67. The fourth-order valence-corrected chi connectivity index (χ4v) is 2.71. The van der Waals surface area contributed by atoms with Crippen LogP contribution in [0.2, 0.25) is 0 Å². The topological polar surface area (TPSA) is 65.5 Å². The molecule has 2 aromatic rings. The largest absolute Gasteiger partial charge is 0.355 e. The zero-order valence-electron chi connectivity index (χ0n) is 14.8. The molecular formula is C19H24BrIN4O. The lowest BCUT2D eigenvalue weighted by molar-refractivity contribution is 0.0954. The molecule has 0 spiro atoms. The number of carbonyl (C=O) groups is 1. The summed E-state index contributed by atoms with van der Waals surface area (Å²) in [6.45, 7) is 3.17. The molecule has 0 aliphatic heterocycles. The summed E-state index contributed by atoms with van der Waals surface area (Å²) in [4.78, 5) is 16.3. The van der Waals surface area contributed by atoms with E-state index < -0.39 is 0 Å². The van der Waals surface area contributed by atoms with Crippen molar-refractivity contribution in [1.29, 1.82) is 0 Å². The van der Waals surface area contributed by atoms with Gasteiger partial charge in [-0.15, -0.1) is 24.0 Å². The van der Waals surface area contributed by atoms with Crippen molar-refractivity contribution < 1.29 is 4.79 Å². The predicted octanol–water partition coefficient (Wildman–Crippen LogP) is 3.72. The van der Waals surface area contributed by atoms with E-state index >= 15 is 0 Å². The Morgan fingerprint density at radius 3 is 2.42 bits per heavy atom. The third-order valence-corrected chi connectivity index (χ3v) is 4.16. The molecule has 1 unspecified atom stereocenters. The quantitative estimate of drug-likeness (QED) is 0.231. The molecule has 0 aromatic heterocycles. The van der Waals surface area contributed by atoms with Crippen molar-refractivity contribution in [3.05, 3.63) is 70.2 Å². The van der Waals surface area contributed by atoms with Crippen molar-refractivity contribution in [2.75, 3.05) is 20.1 Å². The van der Waals surface area contributed by atoms with E-state index in [1.165, 1.54) is 5.56 Å². The molecule has 1 atom stereocenters. The second-order valence-electron chi connectivity index (χ2n) is 5.54. The Balaban J connectivity index is 0.00000338. The van der Waals surface area contributed by atoms with Gasteiger partial charge in [-0.05, 0) is 30.7 Å². The van der Waals surface area contributed by atoms with Gasteiger partial charge in [-0.1, -0.05) is 52.3 Å². The van der Waals surface area contributed by atoms with Crippen LogP contribution in [-0.4, -0.2) is 32.0 Å². The summed E-state index contributed by atoms with van der Waals surface area (Å²) in [6.07, 6.45) is 0. The molecule has 0 aliphatic carbocycles. The molecule has 26 heavy (non-hydrogen) atoms. The number of nitrogens with one attached hydrogen (secondary N) is 3. The predicted molar refractivity (Wildman–Crippen MR) is 121 cm³/mol. The van der Waals surface area contributed by atoms with Gasteiger partial charge in [0, 0.05) is 30.2 Å². The number of hydrogen-bond acceptors (Lipinski definition) is 2. The number of aliphatic imine (C=N–C) groups is 1. The zero-order chi connectivity index (χ0) is 18.1. The minimum absolute atomic E-state index is 0. The van der Waals surface area contributed by atoms with Gasteiger partial charge >= 0.3 is 0 Å². The highest BCUT2D eigenvalue weighted by molar-refractivity contribution is 14.0. The highest BCUT2D eigenvalue weighted by Gasteiger charge is 2.08. The van der Waals surface area contributed by atoms with Gasteiger partial charge in [0.1, 0.15) is 0 Å². The summed E-state index contributed by atoms with van der Waals surface area (Å²) >= 11 is 3.37. The first-order valence-electron chi connectivity index (χ1n) is 8.16. The van der Waals surface area contributed by atoms with Crippen LogP contribution in [0.1, 0.15) is 28.9 Å². The summed E-state index contributed by atoms with van der Waals surface area (Å²) in [7, 11) is 1.73. The zero-order valence-corrected chi connectivity index (χ0v) is 18.7. The summed E-state index contributed by atoms with van der Waals surface area (Å²) in [5.41, 5.74) is 1.82. The summed E-state index contributed by atoms with van der Waals surface area (Å²) in [6, 6.07) is 17.6. The van der Waals surface area contributed by atoms with E-state index in [0.29, 0.717) is 24.6 Å². The molecule has 0 bridgehead atoms. The van der Waals surface area contributed by atoms with Crippen molar-refractivity contribution >= 4 is 51.8 Å². The molecule has 0 radical (unpaired) electrons. The average Bonchev–Trinajstić information content (AvgIpc) is 2.64. The SMILES string of the molecule is CN=C(NCCNC(=O)c1cccc(Br)c1)NC(C)c1ccccc1.I. The summed E-state index contributed by atoms with van der Waals surface area (Å²) < 4.78 is 0.887. The number of halogens is 2. The second kappa shape index (κ2) is 11.9. The smallest absolute Gasteiger partial charge is 0.251 e. The monoisotopic (exact) mass is 530 g/mol. The highest BCUT2D eigenvalue weighted by Crippen LogP contribution is 2.11. The molecule has 7 heteroatoms. The van der Waals surface area contributed by atoms with Gasteiger partial charge in [-0.3, -0.25) is 9.79 Å². The Labute approximate surface area is 180 Å². The van der Waals surface area contributed by atoms with Gasteiger partial charge < -0.3 is 16.0 Å². The molecule has 3 N–H and O–H groups in total. The minimum Gasteiger partial charge on any atom is -0.355 e. The third kappa shape index (κ3) is 7.33. The molecule has 0 fully saturated rings. The fourth-order valence-electron chi connectivity index (χ4n) is 2.31. The number of amides is 1. The maximum absolute atomic E-state index is 12.1. The van der Waals surface area contributed by atoms with Gasteiger partial charge in [0.05, 0.1) is 6.04 Å². The van der Waals surface area contributed by atoms with Crippen LogP contribution in [0.25, 0.3) is 0 Å². The molecule has 2 rings (SSSR count). The Morgan fingerprint density at radius 1 is 1.08 bits per heavy atom. The van der Waals surface area contributed by atoms with E-state index in [4.69, 9.17) is 0 Å². The van der Waals surface area contributed by atoms with Crippen molar-refractivity contribution in [3.63, 3.8) is 0 Å². The number of benzene rings is 2. The molecule has 5 nitrogen and oxygen atoms in total. The van der Waals surface area contributed by atoms with Crippen molar-refractivity contribution in [2.45, 2.75) is 13.0 Å². The summed E-state index contributed by atoms with van der Waals surface area (Å²) in [5, 5.41) is 9.42. The molecule has 140 valence electrons. The molecule has 0 aliphatic rings. The van der Waals surface area contributed by atoms with Gasteiger partial charge in [-0.2, -0.15) is 0 Å². The van der Waals surface area contributed by atoms with Crippen molar-refractivity contribution in [3.8, 4) is 0 Å². The Morgan fingerprint density at radius 2 is 1.77 bits per heavy atom. The van der Waals surface area contributed by atoms with Gasteiger partial charge in [-0.25, -0.2) is 0 Å². The lowest BCUT2D eigenvalue weighted by Gasteiger charge is -2.18. The Kier molecular flexibility index (Phi) is 10.3. The van der Waals surface area contributed by atoms with E-state index in [2.05, 4.69) is 55.9 Å². The lowest BCUT2D eigenvalue weighted by Crippen LogP contribution is -2.42. The van der Waals surface area contributed by atoms with Crippen LogP contribution in [-0.2, 0) is 0 Å². The lowest BCUT2D eigenvalue weighted by atomic mass is 10.1. The molecule has 0 saturated carbocycles. The first kappa shape index (κ1) is 22.4. The fraction of sp³-hybridized carbons (Fsp3) is 0.263. The molecule has 0 saturated heterocycles.